The second-order valence-electron chi connectivity index (χ2n) is 5.79. The Morgan fingerprint density at radius 2 is 1.76 bits per heavy atom. The average Bonchev–Trinajstić information content (AvgIpc) is 2.35. The molecule has 1 aliphatic rings. The molecule has 0 saturated carbocycles. The monoisotopic (exact) mass is 241 g/mol. The lowest BCUT2D eigenvalue weighted by Gasteiger charge is -2.29. The number of rotatable bonds is 8. The molecule has 1 unspecified atom stereocenters. The van der Waals surface area contributed by atoms with Crippen molar-refractivity contribution in [2.24, 2.45) is 5.92 Å². The summed E-state index contributed by atoms with van der Waals surface area (Å²) in [6.45, 7) is 8.10. The van der Waals surface area contributed by atoms with Gasteiger partial charge in [-0.2, -0.15) is 0 Å². The molecule has 1 heterocycles. The summed E-state index contributed by atoms with van der Waals surface area (Å²) in [5.74, 6) is 0.915. The van der Waals surface area contributed by atoms with E-state index in [1.54, 1.807) is 0 Å². The Balaban J connectivity index is 1.87. The van der Waals surface area contributed by atoms with E-state index in [1.807, 2.05) is 0 Å². The van der Waals surface area contributed by atoms with Crippen LogP contribution < -0.4 is 0 Å². The molecule has 0 aliphatic carbocycles. The first-order chi connectivity index (χ1) is 8.22. The first kappa shape index (κ1) is 15.0. The predicted molar refractivity (Wildman–Crippen MR) is 74.2 cm³/mol. The Kier molecular flexibility index (Phi) is 7.87. The lowest BCUT2D eigenvalue weighted by molar-refractivity contribution is 0.0817. The number of hydrogen-bond acceptors (Lipinski definition) is 2. The van der Waals surface area contributed by atoms with E-state index in [1.165, 1.54) is 45.1 Å². The molecule has 0 aromatic rings. The number of aliphatic hydroxyl groups excluding tert-OH is 1. The second kappa shape index (κ2) is 8.93. The summed E-state index contributed by atoms with van der Waals surface area (Å²) in [4.78, 5) is 2.52. The van der Waals surface area contributed by atoms with Crippen LogP contribution in [0.4, 0.5) is 0 Å². The highest BCUT2D eigenvalue weighted by molar-refractivity contribution is 4.70. The van der Waals surface area contributed by atoms with Gasteiger partial charge >= 0.3 is 0 Å². The largest absolute Gasteiger partial charge is 0.393 e. The minimum atomic E-state index is -0.0261. The molecule has 0 amide bonds. The summed E-state index contributed by atoms with van der Waals surface area (Å²) in [7, 11) is 0. The van der Waals surface area contributed by atoms with Crippen LogP contribution in [0.5, 0.6) is 0 Å². The summed E-state index contributed by atoms with van der Waals surface area (Å²) in [5, 5.41) is 9.42. The fourth-order valence-electron chi connectivity index (χ4n) is 2.53. The molecule has 1 aliphatic heterocycles. The molecule has 2 nitrogen and oxygen atoms in total. The van der Waals surface area contributed by atoms with Crippen LogP contribution >= 0.6 is 0 Å². The van der Waals surface area contributed by atoms with E-state index in [0.717, 1.165) is 31.8 Å². The molecule has 1 fully saturated rings. The number of hydrogen-bond donors (Lipinski definition) is 1. The third-order valence-corrected chi connectivity index (χ3v) is 4.18. The maximum atomic E-state index is 9.42. The quantitative estimate of drug-likeness (QED) is 0.658. The first-order valence-electron chi connectivity index (χ1n) is 7.62. The van der Waals surface area contributed by atoms with Crippen LogP contribution in [0.1, 0.15) is 65.2 Å². The van der Waals surface area contributed by atoms with Crippen LogP contribution in [0.2, 0.25) is 0 Å². The van der Waals surface area contributed by atoms with Crippen molar-refractivity contribution in [3.63, 3.8) is 0 Å². The lowest BCUT2D eigenvalue weighted by atomic mass is 10.0. The molecule has 2 heteroatoms. The van der Waals surface area contributed by atoms with Gasteiger partial charge in [0, 0.05) is 13.1 Å². The van der Waals surface area contributed by atoms with E-state index < -0.39 is 0 Å². The van der Waals surface area contributed by atoms with E-state index >= 15 is 0 Å². The van der Waals surface area contributed by atoms with Crippen molar-refractivity contribution in [3.8, 4) is 0 Å². The van der Waals surface area contributed by atoms with Gasteiger partial charge in [0.15, 0.2) is 0 Å². The highest BCUT2D eigenvalue weighted by atomic mass is 16.3. The third kappa shape index (κ3) is 7.05. The number of unbranched alkanes of at least 4 members (excludes halogenated alkanes) is 3. The van der Waals surface area contributed by atoms with Gasteiger partial charge in [0.1, 0.15) is 0 Å². The zero-order valence-electron chi connectivity index (χ0n) is 11.8. The van der Waals surface area contributed by atoms with Crippen LogP contribution in [-0.4, -0.2) is 35.7 Å². The van der Waals surface area contributed by atoms with Crippen molar-refractivity contribution in [3.05, 3.63) is 0 Å². The zero-order valence-corrected chi connectivity index (χ0v) is 11.8. The van der Waals surface area contributed by atoms with Gasteiger partial charge < -0.3 is 10.0 Å². The molecule has 0 radical (unpaired) electrons. The summed E-state index contributed by atoms with van der Waals surface area (Å²) in [6, 6.07) is 0. The topological polar surface area (TPSA) is 23.5 Å². The standard InChI is InChI=1S/C15H31NO/c1-3-14(2)8-6-4-5-7-11-16-12-9-15(17)10-13-16/h14-15,17H,3-13H2,1-2H3. The minimum absolute atomic E-state index is 0.0261. The highest BCUT2D eigenvalue weighted by Gasteiger charge is 2.15. The Morgan fingerprint density at radius 3 is 2.41 bits per heavy atom. The molecule has 0 aromatic heterocycles. The fourth-order valence-corrected chi connectivity index (χ4v) is 2.53. The SMILES string of the molecule is CCC(C)CCCCCCN1CCC(O)CC1. The molecule has 102 valence electrons. The van der Waals surface area contributed by atoms with E-state index in [9.17, 15) is 5.11 Å². The molecule has 1 N–H and O–H groups in total. The maximum Gasteiger partial charge on any atom is 0.0564 e. The number of piperidine rings is 1. The Hall–Kier alpha value is -0.0800. The summed E-state index contributed by atoms with van der Waals surface area (Å²) >= 11 is 0. The van der Waals surface area contributed by atoms with Gasteiger partial charge in [-0.25, -0.2) is 0 Å². The Morgan fingerprint density at radius 1 is 1.12 bits per heavy atom. The molecular formula is C15H31NO. The Labute approximate surface area is 107 Å². The van der Waals surface area contributed by atoms with E-state index in [0.29, 0.717) is 0 Å². The van der Waals surface area contributed by atoms with Crippen molar-refractivity contribution >= 4 is 0 Å². The molecule has 1 atom stereocenters. The van der Waals surface area contributed by atoms with Gasteiger partial charge in [-0.3, -0.25) is 0 Å². The van der Waals surface area contributed by atoms with E-state index in [4.69, 9.17) is 0 Å². The van der Waals surface area contributed by atoms with Gasteiger partial charge in [0.2, 0.25) is 0 Å². The maximum absolute atomic E-state index is 9.42. The summed E-state index contributed by atoms with van der Waals surface area (Å²) < 4.78 is 0. The third-order valence-electron chi connectivity index (χ3n) is 4.18. The number of likely N-dealkylation sites (tertiary alicyclic amines) is 1. The first-order valence-corrected chi connectivity index (χ1v) is 7.62. The van der Waals surface area contributed by atoms with Gasteiger partial charge in [-0.05, 0) is 31.7 Å². The smallest absolute Gasteiger partial charge is 0.0564 e. The number of nitrogens with zero attached hydrogens (tertiary/aromatic N) is 1. The minimum Gasteiger partial charge on any atom is -0.393 e. The Bertz CT molecular complexity index is 176. The van der Waals surface area contributed by atoms with Crippen molar-refractivity contribution < 1.29 is 5.11 Å². The predicted octanol–water partition coefficient (Wildman–Crippen LogP) is 3.44. The lowest BCUT2D eigenvalue weighted by Crippen LogP contribution is -2.36. The van der Waals surface area contributed by atoms with Crippen molar-refractivity contribution in [1.82, 2.24) is 4.90 Å². The molecule has 17 heavy (non-hydrogen) atoms. The molecule has 0 aromatic carbocycles. The van der Waals surface area contributed by atoms with Crippen molar-refractivity contribution in [2.45, 2.75) is 71.3 Å². The van der Waals surface area contributed by atoms with E-state index in [-0.39, 0.29) is 6.10 Å². The zero-order chi connectivity index (χ0) is 12.5. The fraction of sp³-hybridized carbons (Fsp3) is 1.00. The van der Waals surface area contributed by atoms with Crippen LogP contribution in [-0.2, 0) is 0 Å². The van der Waals surface area contributed by atoms with Gasteiger partial charge in [-0.15, -0.1) is 0 Å². The van der Waals surface area contributed by atoms with Crippen LogP contribution in [0.3, 0.4) is 0 Å². The van der Waals surface area contributed by atoms with Crippen LogP contribution in [0.25, 0.3) is 0 Å². The normalized spacial score (nSPS) is 20.6. The molecule has 0 spiro atoms. The van der Waals surface area contributed by atoms with Crippen molar-refractivity contribution in [1.29, 1.82) is 0 Å². The van der Waals surface area contributed by atoms with Gasteiger partial charge in [-0.1, -0.05) is 46.0 Å². The summed E-state index contributed by atoms with van der Waals surface area (Å²) in [5.41, 5.74) is 0. The second-order valence-corrected chi connectivity index (χ2v) is 5.79. The molecule has 0 bridgehead atoms. The highest BCUT2D eigenvalue weighted by Crippen LogP contribution is 2.14. The average molecular weight is 241 g/mol. The molecule has 1 rings (SSSR count). The van der Waals surface area contributed by atoms with Crippen LogP contribution in [0, 0.1) is 5.92 Å². The summed E-state index contributed by atoms with van der Waals surface area (Å²) in [6.07, 6.45) is 10.2. The molecule has 1 saturated heterocycles. The van der Waals surface area contributed by atoms with Gasteiger partial charge in [0.25, 0.3) is 0 Å². The van der Waals surface area contributed by atoms with Crippen molar-refractivity contribution in [2.75, 3.05) is 19.6 Å². The molecular weight excluding hydrogens is 210 g/mol. The van der Waals surface area contributed by atoms with Gasteiger partial charge in [0.05, 0.1) is 6.10 Å². The van der Waals surface area contributed by atoms with Crippen LogP contribution in [0.15, 0.2) is 0 Å². The van der Waals surface area contributed by atoms with E-state index in [2.05, 4.69) is 18.7 Å². The number of aliphatic hydroxyl groups is 1.